The van der Waals surface area contributed by atoms with Gasteiger partial charge in [-0.1, -0.05) is 48.5 Å². The number of hydrogen-bond donors (Lipinski definition) is 2. The van der Waals surface area contributed by atoms with Crippen molar-refractivity contribution in [1.82, 2.24) is 0 Å². The van der Waals surface area contributed by atoms with Gasteiger partial charge in [-0.3, -0.25) is 20.2 Å². The molecule has 0 saturated heterocycles. The Kier molecular flexibility index (Phi) is 6.64. The predicted octanol–water partition coefficient (Wildman–Crippen LogP) is 5.19. The zero-order valence-electron chi connectivity index (χ0n) is 19.3. The molecule has 0 heterocycles. The Balaban J connectivity index is 1.77. The van der Waals surface area contributed by atoms with E-state index in [-0.39, 0.29) is 24.8 Å². The van der Waals surface area contributed by atoms with Gasteiger partial charge >= 0.3 is 12.2 Å². The van der Waals surface area contributed by atoms with Crippen molar-refractivity contribution in [2.24, 2.45) is 0 Å². The molecule has 1 aliphatic carbocycles. The number of rotatable bonds is 6. The highest BCUT2D eigenvalue weighted by Crippen LogP contribution is 2.45. The molecule has 2 N–H and O–H groups in total. The minimum atomic E-state index is -1.60. The van der Waals surface area contributed by atoms with Gasteiger partial charge < -0.3 is 9.47 Å². The normalized spacial score (nSPS) is 13.7. The quantitative estimate of drug-likeness (QED) is 0.478. The molecule has 3 aromatic rings. The molecule has 0 spiro atoms. The Bertz CT molecular complexity index is 1180. The number of hydrogen-bond acceptors (Lipinski definition) is 6. The molecule has 35 heavy (non-hydrogen) atoms. The van der Waals surface area contributed by atoms with Gasteiger partial charge in [0.2, 0.25) is 0 Å². The molecule has 8 heteroatoms. The third-order valence-electron chi connectivity index (χ3n) is 5.78. The molecule has 0 atom stereocenters. The maximum absolute atomic E-state index is 13.8. The summed E-state index contributed by atoms with van der Waals surface area (Å²) in [6.45, 7) is 3.87. The van der Waals surface area contributed by atoms with Gasteiger partial charge in [-0.2, -0.15) is 0 Å². The van der Waals surface area contributed by atoms with Crippen molar-refractivity contribution in [2.75, 3.05) is 23.8 Å². The van der Waals surface area contributed by atoms with Crippen LogP contribution in [0.25, 0.3) is 0 Å². The molecule has 0 unspecified atom stereocenters. The van der Waals surface area contributed by atoms with Gasteiger partial charge in [-0.05, 0) is 49.2 Å². The Labute approximate surface area is 202 Å². The zero-order chi connectivity index (χ0) is 25.0. The Morgan fingerprint density at radius 3 is 1.37 bits per heavy atom. The van der Waals surface area contributed by atoms with Gasteiger partial charge in [0, 0.05) is 22.5 Å². The summed E-state index contributed by atoms with van der Waals surface area (Å²) in [5.74, 6) is -0.675. The first-order chi connectivity index (χ1) is 16.9. The summed E-state index contributed by atoms with van der Waals surface area (Å²) in [4.78, 5) is 51.2. The molecular formula is C27H24N2O6. The fourth-order valence-electron chi connectivity index (χ4n) is 4.25. The van der Waals surface area contributed by atoms with Gasteiger partial charge in [-0.15, -0.1) is 0 Å². The second-order valence-electron chi connectivity index (χ2n) is 7.80. The van der Waals surface area contributed by atoms with E-state index >= 15 is 0 Å². The second-order valence-corrected chi connectivity index (χ2v) is 7.80. The van der Waals surface area contributed by atoms with Crippen LogP contribution in [0.5, 0.6) is 0 Å². The number of carbonyl (C=O) groups is 4. The van der Waals surface area contributed by atoms with Crippen molar-refractivity contribution < 1.29 is 28.7 Å². The van der Waals surface area contributed by atoms with Crippen LogP contribution in [0.2, 0.25) is 0 Å². The largest absolute Gasteiger partial charge is 0.450 e. The summed E-state index contributed by atoms with van der Waals surface area (Å²) in [5, 5.41) is 5.21. The van der Waals surface area contributed by atoms with E-state index in [2.05, 4.69) is 10.6 Å². The van der Waals surface area contributed by atoms with Crippen molar-refractivity contribution in [1.29, 1.82) is 0 Å². The molecule has 0 radical (unpaired) electrons. The lowest BCUT2D eigenvalue weighted by atomic mass is 9.70. The highest BCUT2D eigenvalue weighted by Gasteiger charge is 2.55. The summed E-state index contributed by atoms with van der Waals surface area (Å²) in [6.07, 6.45) is -1.19. The second kappa shape index (κ2) is 9.80. The highest BCUT2D eigenvalue weighted by molar-refractivity contribution is 6.35. The lowest BCUT2D eigenvalue weighted by Gasteiger charge is -2.27. The molecular weight excluding hydrogens is 448 g/mol. The van der Waals surface area contributed by atoms with Crippen molar-refractivity contribution in [3.8, 4) is 0 Å². The molecule has 2 amide bonds. The number of carbonyl (C=O) groups excluding carboxylic acids is 4. The topological polar surface area (TPSA) is 111 Å². The number of Topliss-reactive ketones (excluding diaryl/α,β-unsaturated/α-hetero) is 2. The van der Waals surface area contributed by atoms with Crippen LogP contribution in [0.15, 0.2) is 72.8 Å². The fourth-order valence-corrected chi connectivity index (χ4v) is 4.25. The number of benzene rings is 3. The van der Waals surface area contributed by atoms with E-state index in [1.54, 1.807) is 86.6 Å². The molecule has 0 fully saturated rings. The lowest BCUT2D eigenvalue weighted by Crippen LogP contribution is -2.39. The van der Waals surface area contributed by atoms with E-state index in [4.69, 9.17) is 9.47 Å². The van der Waals surface area contributed by atoms with E-state index < -0.39 is 17.6 Å². The molecule has 4 rings (SSSR count). The van der Waals surface area contributed by atoms with Crippen LogP contribution in [0.1, 0.15) is 45.7 Å². The van der Waals surface area contributed by atoms with Crippen LogP contribution in [-0.2, 0) is 14.9 Å². The van der Waals surface area contributed by atoms with E-state index in [1.165, 1.54) is 0 Å². The number of ketones is 2. The van der Waals surface area contributed by atoms with E-state index in [0.29, 0.717) is 33.6 Å². The standard InChI is InChI=1S/C27H24N2O6/c1-3-34-25(32)28-19-13-9-17(10-14-19)27(23(30)21-7-5-6-8-22(21)24(27)31)18-11-15-20(16-12-18)29-26(33)35-4-2/h5-16H,3-4H2,1-2H3,(H,28,32)(H,29,33). The highest BCUT2D eigenvalue weighted by atomic mass is 16.6. The molecule has 178 valence electrons. The lowest BCUT2D eigenvalue weighted by molar-refractivity contribution is 0.0829. The first-order valence-corrected chi connectivity index (χ1v) is 11.2. The summed E-state index contributed by atoms with van der Waals surface area (Å²) in [7, 11) is 0. The zero-order valence-corrected chi connectivity index (χ0v) is 19.3. The molecule has 0 aromatic heterocycles. The number of fused-ring (bicyclic) bond motifs is 1. The van der Waals surface area contributed by atoms with Gasteiger partial charge in [0.25, 0.3) is 0 Å². The molecule has 0 saturated carbocycles. The Morgan fingerprint density at radius 1 is 0.657 bits per heavy atom. The number of anilines is 2. The van der Waals surface area contributed by atoms with Crippen LogP contribution in [-0.4, -0.2) is 37.0 Å². The summed E-state index contributed by atoms with van der Waals surface area (Å²) < 4.78 is 9.80. The molecule has 8 nitrogen and oxygen atoms in total. The molecule has 0 bridgehead atoms. The average molecular weight is 472 g/mol. The number of nitrogens with one attached hydrogen (secondary N) is 2. The first-order valence-electron chi connectivity index (χ1n) is 11.2. The van der Waals surface area contributed by atoms with Crippen LogP contribution >= 0.6 is 0 Å². The summed E-state index contributed by atoms with van der Waals surface area (Å²) in [5.41, 5.74) is 0.945. The minimum Gasteiger partial charge on any atom is -0.450 e. The van der Waals surface area contributed by atoms with Gasteiger partial charge in [-0.25, -0.2) is 9.59 Å². The average Bonchev–Trinajstić information content (AvgIpc) is 3.08. The SMILES string of the molecule is CCOC(=O)Nc1ccc(C2(c3ccc(NC(=O)OCC)cc3)C(=O)c3ccccc3C2=O)cc1. The van der Waals surface area contributed by atoms with Crippen LogP contribution in [0, 0.1) is 0 Å². The Hall–Kier alpha value is -4.46. The number of amides is 2. The van der Waals surface area contributed by atoms with Crippen molar-refractivity contribution in [2.45, 2.75) is 19.3 Å². The maximum Gasteiger partial charge on any atom is 0.411 e. The molecule has 0 aliphatic heterocycles. The number of ether oxygens (including phenoxy) is 2. The summed E-state index contributed by atoms with van der Waals surface area (Å²) >= 11 is 0. The van der Waals surface area contributed by atoms with E-state index in [0.717, 1.165) is 0 Å². The maximum atomic E-state index is 13.8. The van der Waals surface area contributed by atoms with Crippen LogP contribution < -0.4 is 10.6 Å². The van der Waals surface area contributed by atoms with Gasteiger partial charge in [0.15, 0.2) is 11.6 Å². The van der Waals surface area contributed by atoms with Crippen LogP contribution in [0.4, 0.5) is 21.0 Å². The van der Waals surface area contributed by atoms with E-state index in [1.807, 2.05) is 0 Å². The van der Waals surface area contributed by atoms with Crippen LogP contribution in [0.3, 0.4) is 0 Å². The first kappa shape index (κ1) is 23.7. The third kappa shape index (κ3) is 4.26. The van der Waals surface area contributed by atoms with Gasteiger partial charge in [0.05, 0.1) is 13.2 Å². The molecule has 3 aromatic carbocycles. The smallest absolute Gasteiger partial charge is 0.411 e. The van der Waals surface area contributed by atoms with E-state index in [9.17, 15) is 19.2 Å². The van der Waals surface area contributed by atoms with Gasteiger partial charge in [0.1, 0.15) is 5.41 Å². The van der Waals surface area contributed by atoms with Crippen molar-refractivity contribution >= 4 is 35.1 Å². The molecule has 1 aliphatic rings. The predicted molar refractivity (Wildman–Crippen MR) is 130 cm³/mol. The fraction of sp³-hybridized carbons (Fsp3) is 0.185. The van der Waals surface area contributed by atoms with Crippen molar-refractivity contribution in [3.05, 3.63) is 95.1 Å². The third-order valence-corrected chi connectivity index (χ3v) is 5.78. The summed E-state index contributed by atoms with van der Waals surface area (Å²) in [6, 6.07) is 19.8. The minimum absolute atomic E-state index is 0.231. The Morgan fingerprint density at radius 2 is 1.03 bits per heavy atom. The monoisotopic (exact) mass is 472 g/mol. The van der Waals surface area contributed by atoms with Crippen molar-refractivity contribution in [3.63, 3.8) is 0 Å².